The number of nitro benzene ring substituents is 1. The van der Waals surface area contributed by atoms with Crippen molar-refractivity contribution in [2.75, 3.05) is 19.8 Å². The highest BCUT2D eigenvalue weighted by atomic mass is 32.2. The van der Waals surface area contributed by atoms with Gasteiger partial charge in [-0.15, -0.1) is 11.3 Å². The van der Waals surface area contributed by atoms with E-state index in [1.165, 1.54) is 28.6 Å². The molecule has 3 rings (SSSR count). The fourth-order valence-corrected chi connectivity index (χ4v) is 5.41. The number of sulfonamides is 1. The molecule has 0 amide bonds. The molecule has 1 aromatic carbocycles. The Morgan fingerprint density at radius 2 is 1.88 bits per heavy atom. The molecule has 0 N–H and O–H groups in total. The molecule has 2 heterocycles. The molecule has 0 saturated carbocycles. The van der Waals surface area contributed by atoms with Crippen molar-refractivity contribution in [1.29, 1.82) is 0 Å². The first-order chi connectivity index (χ1) is 12.5. The van der Waals surface area contributed by atoms with E-state index in [4.69, 9.17) is 4.74 Å². The van der Waals surface area contributed by atoms with Crippen LogP contribution in [0.25, 0.3) is 0 Å². The van der Waals surface area contributed by atoms with Crippen LogP contribution in [0.1, 0.15) is 17.7 Å². The summed E-state index contributed by atoms with van der Waals surface area (Å²) in [6.07, 6.45) is 1.94. The van der Waals surface area contributed by atoms with Crippen LogP contribution in [0.15, 0.2) is 46.7 Å². The average Bonchev–Trinajstić information content (AvgIpc) is 3.16. The van der Waals surface area contributed by atoms with Gasteiger partial charge in [0.2, 0.25) is 10.0 Å². The van der Waals surface area contributed by atoms with E-state index in [-0.39, 0.29) is 16.6 Å². The molecule has 0 bridgehead atoms. The van der Waals surface area contributed by atoms with Crippen molar-refractivity contribution in [1.82, 2.24) is 4.31 Å². The standard InChI is InChI=1S/C17H20N2O5S2/c20-19(21)15-3-5-17(6-4-15)26(22,23)18(14-8-11-24-12-9-14)10-7-16-2-1-13-25-16/h1-6,13-14H,7-12H2. The Bertz CT molecular complexity index is 829. The number of non-ortho nitro benzene ring substituents is 1. The molecule has 1 aromatic heterocycles. The Morgan fingerprint density at radius 3 is 2.46 bits per heavy atom. The molecule has 0 atom stereocenters. The summed E-state index contributed by atoms with van der Waals surface area (Å²) in [7, 11) is -3.74. The van der Waals surface area contributed by atoms with Gasteiger partial charge in [-0.25, -0.2) is 8.42 Å². The minimum Gasteiger partial charge on any atom is -0.381 e. The van der Waals surface area contributed by atoms with Crippen LogP contribution in [0.3, 0.4) is 0 Å². The van der Waals surface area contributed by atoms with Gasteiger partial charge in [-0.3, -0.25) is 10.1 Å². The van der Waals surface area contributed by atoms with Gasteiger partial charge in [0.05, 0.1) is 9.82 Å². The van der Waals surface area contributed by atoms with Crippen molar-refractivity contribution in [3.05, 3.63) is 56.8 Å². The third-order valence-corrected chi connectivity index (χ3v) is 7.31. The molecule has 1 aliphatic heterocycles. The molecule has 140 valence electrons. The Balaban J connectivity index is 1.86. The quantitative estimate of drug-likeness (QED) is 0.530. The van der Waals surface area contributed by atoms with Gasteiger partial charge in [0.25, 0.3) is 5.69 Å². The molecule has 0 unspecified atom stereocenters. The van der Waals surface area contributed by atoms with E-state index >= 15 is 0 Å². The van der Waals surface area contributed by atoms with Crippen LogP contribution in [0, 0.1) is 10.1 Å². The van der Waals surface area contributed by atoms with E-state index in [1.807, 2.05) is 17.5 Å². The van der Waals surface area contributed by atoms with Gasteiger partial charge in [-0.1, -0.05) is 6.07 Å². The van der Waals surface area contributed by atoms with Gasteiger partial charge >= 0.3 is 0 Å². The Morgan fingerprint density at radius 1 is 1.19 bits per heavy atom. The molecule has 1 saturated heterocycles. The number of thiophene rings is 1. The number of ether oxygens (including phenoxy) is 1. The van der Waals surface area contributed by atoms with Gasteiger partial charge in [0.1, 0.15) is 0 Å². The van der Waals surface area contributed by atoms with Crippen LogP contribution in [0.4, 0.5) is 5.69 Å². The molecule has 0 aliphatic carbocycles. The van der Waals surface area contributed by atoms with Crippen LogP contribution in [0.2, 0.25) is 0 Å². The first-order valence-electron chi connectivity index (χ1n) is 8.35. The van der Waals surface area contributed by atoms with E-state index in [1.54, 1.807) is 11.3 Å². The Hall–Kier alpha value is -1.81. The predicted octanol–water partition coefficient (Wildman–Crippen LogP) is 3.07. The van der Waals surface area contributed by atoms with Gasteiger partial charge in [-0.05, 0) is 42.8 Å². The van der Waals surface area contributed by atoms with Crippen molar-refractivity contribution < 1.29 is 18.1 Å². The number of hydrogen-bond donors (Lipinski definition) is 0. The summed E-state index contributed by atoms with van der Waals surface area (Å²) in [6, 6.07) is 8.90. The summed E-state index contributed by atoms with van der Waals surface area (Å²) < 4.78 is 33.3. The second-order valence-electron chi connectivity index (χ2n) is 6.04. The molecule has 9 heteroatoms. The SMILES string of the molecule is O=[N+]([O-])c1ccc(S(=O)(=O)N(CCc2cccs2)C2CCOCC2)cc1. The zero-order chi connectivity index (χ0) is 18.6. The zero-order valence-electron chi connectivity index (χ0n) is 14.1. The first-order valence-corrected chi connectivity index (χ1v) is 10.7. The number of rotatable bonds is 7. The largest absolute Gasteiger partial charge is 0.381 e. The summed E-state index contributed by atoms with van der Waals surface area (Å²) in [6.45, 7) is 1.45. The molecule has 1 fully saturated rings. The van der Waals surface area contributed by atoms with Gasteiger partial charge in [0.15, 0.2) is 0 Å². The molecular formula is C17H20N2O5S2. The maximum atomic E-state index is 13.2. The monoisotopic (exact) mass is 396 g/mol. The fraction of sp³-hybridized carbons (Fsp3) is 0.412. The normalized spacial score (nSPS) is 16.0. The van der Waals surface area contributed by atoms with E-state index in [0.29, 0.717) is 39.0 Å². The van der Waals surface area contributed by atoms with Crippen molar-refractivity contribution in [2.24, 2.45) is 0 Å². The van der Waals surface area contributed by atoms with Crippen LogP contribution >= 0.6 is 11.3 Å². The lowest BCUT2D eigenvalue weighted by atomic mass is 10.1. The van der Waals surface area contributed by atoms with Gasteiger partial charge < -0.3 is 4.74 Å². The van der Waals surface area contributed by atoms with Crippen LogP contribution in [-0.4, -0.2) is 43.4 Å². The number of benzene rings is 1. The second-order valence-corrected chi connectivity index (χ2v) is 8.96. The lowest BCUT2D eigenvalue weighted by Crippen LogP contribution is -2.44. The highest BCUT2D eigenvalue weighted by Crippen LogP contribution is 2.26. The van der Waals surface area contributed by atoms with Gasteiger partial charge in [0, 0.05) is 42.8 Å². The topological polar surface area (TPSA) is 89.8 Å². The summed E-state index contributed by atoms with van der Waals surface area (Å²) in [5, 5.41) is 12.8. The molecule has 2 aromatic rings. The lowest BCUT2D eigenvalue weighted by molar-refractivity contribution is -0.384. The summed E-state index contributed by atoms with van der Waals surface area (Å²) >= 11 is 1.60. The summed E-state index contributed by atoms with van der Waals surface area (Å²) in [5.74, 6) is 0. The van der Waals surface area contributed by atoms with Crippen molar-refractivity contribution in [3.63, 3.8) is 0 Å². The van der Waals surface area contributed by atoms with Crippen molar-refractivity contribution in [3.8, 4) is 0 Å². The predicted molar refractivity (Wildman–Crippen MR) is 98.9 cm³/mol. The molecule has 1 aliphatic rings. The number of nitro groups is 1. The minimum absolute atomic E-state index is 0.0840. The van der Waals surface area contributed by atoms with E-state index in [9.17, 15) is 18.5 Å². The first kappa shape index (κ1) is 19.0. The van der Waals surface area contributed by atoms with Crippen LogP contribution in [-0.2, 0) is 21.2 Å². The maximum absolute atomic E-state index is 13.2. The highest BCUT2D eigenvalue weighted by molar-refractivity contribution is 7.89. The molecule has 0 radical (unpaired) electrons. The molecule has 0 spiro atoms. The molecular weight excluding hydrogens is 376 g/mol. The van der Waals surface area contributed by atoms with Crippen LogP contribution < -0.4 is 0 Å². The smallest absolute Gasteiger partial charge is 0.269 e. The van der Waals surface area contributed by atoms with Gasteiger partial charge in [-0.2, -0.15) is 4.31 Å². The van der Waals surface area contributed by atoms with Crippen LogP contribution in [0.5, 0.6) is 0 Å². The molecule has 7 nitrogen and oxygen atoms in total. The third kappa shape index (κ3) is 4.29. The van der Waals surface area contributed by atoms with Crippen molar-refractivity contribution >= 4 is 27.0 Å². The van der Waals surface area contributed by atoms with E-state index in [0.717, 1.165) is 4.88 Å². The Labute approximate surface area is 156 Å². The van der Waals surface area contributed by atoms with E-state index in [2.05, 4.69) is 0 Å². The van der Waals surface area contributed by atoms with Crippen molar-refractivity contribution in [2.45, 2.75) is 30.2 Å². The summed E-state index contributed by atoms with van der Waals surface area (Å²) in [5.41, 5.74) is -0.125. The Kier molecular flexibility index (Phi) is 6.02. The minimum atomic E-state index is -3.74. The average molecular weight is 396 g/mol. The zero-order valence-corrected chi connectivity index (χ0v) is 15.7. The number of nitrogens with zero attached hydrogens (tertiary/aromatic N) is 2. The van der Waals surface area contributed by atoms with E-state index < -0.39 is 14.9 Å². The summed E-state index contributed by atoms with van der Waals surface area (Å²) in [4.78, 5) is 11.5. The lowest BCUT2D eigenvalue weighted by Gasteiger charge is -2.33. The molecule has 26 heavy (non-hydrogen) atoms. The fourth-order valence-electron chi connectivity index (χ4n) is 3.02. The second kappa shape index (κ2) is 8.26. The number of hydrogen-bond acceptors (Lipinski definition) is 6. The third-order valence-electron chi connectivity index (χ3n) is 4.41. The highest BCUT2D eigenvalue weighted by Gasteiger charge is 2.32. The maximum Gasteiger partial charge on any atom is 0.269 e.